The molecular formula is C23H39N2O3P. The van der Waals surface area contributed by atoms with Gasteiger partial charge < -0.3 is 4.52 Å². The van der Waals surface area contributed by atoms with Crippen LogP contribution in [0, 0.1) is 28.6 Å². The van der Waals surface area contributed by atoms with Crippen molar-refractivity contribution >= 4 is 13.5 Å². The number of hydrogen-bond donors (Lipinski definition) is 0. The summed E-state index contributed by atoms with van der Waals surface area (Å²) in [4.78, 5) is 12.6. The van der Waals surface area contributed by atoms with Crippen molar-refractivity contribution in [3.63, 3.8) is 0 Å². The highest BCUT2D eigenvalue weighted by Crippen LogP contribution is 2.65. The van der Waals surface area contributed by atoms with Crippen molar-refractivity contribution in [1.29, 1.82) is 0 Å². The fourth-order valence-electron chi connectivity index (χ4n) is 7.23. The molecule has 4 rings (SSSR count). The first-order chi connectivity index (χ1) is 13.5. The Kier molecular flexibility index (Phi) is 5.47. The number of hydrogen-bond acceptors (Lipinski definition) is 3. The highest BCUT2D eigenvalue weighted by Gasteiger charge is 2.58. The molecule has 0 N–H and O–H groups in total. The van der Waals surface area contributed by atoms with Gasteiger partial charge in [-0.05, 0) is 96.3 Å². The second-order valence-electron chi connectivity index (χ2n) is 10.8. The number of fused-ring (bicyclic) bond motifs is 5. The predicted molar refractivity (Wildman–Crippen MR) is 117 cm³/mol. The van der Waals surface area contributed by atoms with Crippen molar-refractivity contribution in [2.24, 2.45) is 28.6 Å². The molecule has 6 atom stereocenters. The lowest BCUT2D eigenvalue weighted by molar-refractivity contribution is -0.131. The van der Waals surface area contributed by atoms with Crippen LogP contribution in [0.25, 0.3) is 0 Å². The molecule has 4 aliphatic rings. The average Bonchev–Trinajstić information content (AvgIpc) is 2.96. The van der Waals surface area contributed by atoms with Gasteiger partial charge in [-0.1, -0.05) is 25.5 Å². The summed E-state index contributed by atoms with van der Waals surface area (Å²) in [5.41, 5.74) is 1.68. The molecule has 3 saturated carbocycles. The average molecular weight is 423 g/mol. The van der Waals surface area contributed by atoms with Crippen LogP contribution in [0.1, 0.15) is 65.2 Å². The number of nitrogens with zero attached hydrogens (tertiary/aromatic N) is 2. The van der Waals surface area contributed by atoms with Crippen molar-refractivity contribution in [3.05, 3.63) is 11.6 Å². The summed E-state index contributed by atoms with van der Waals surface area (Å²) in [6.07, 6.45) is 10.7. The summed E-state index contributed by atoms with van der Waals surface area (Å²) in [5.74, 6) is 2.42. The minimum Gasteiger partial charge on any atom is -0.302 e. The molecule has 0 heterocycles. The molecule has 4 aliphatic carbocycles. The Balaban J connectivity index is 1.54. The van der Waals surface area contributed by atoms with E-state index >= 15 is 0 Å². The first-order valence-electron chi connectivity index (χ1n) is 11.4. The fourth-order valence-corrected chi connectivity index (χ4v) is 8.89. The molecule has 0 amide bonds. The lowest BCUT2D eigenvalue weighted by Gasteiger charge is -2.57. The Morgan fingerprint density at radius 1 is 1.00 bits per heavy atom. The van der Waals surface area contributed by atoms with E-state index in [1.165, 1.54) is 12.0 Å². The van der Waals surface area contributed by atoms with E-state index in [1.54, 1.807) is 9.34 Å². The van der Waals surface area contributed by atoms with E-state index in [4.69, 9.17) is 4.52 Å². The highest BCUT2D eigenvalue weighted by molar-refractivity contribution is 7.53. The molecule has 0 bridgehead atoms. The van der Waals surface area contributed by atoms with Crippen LogP contribution in [0.5, 0.6) is 0 Å². The zero-order chi connectivity index (χ0) is 21.2. The van der Waals surface area contributed by atoms with Crippen LogP contribution >= 0.6 is 7.67 Å². The number of carbonyl (C=O) groups is 1. The van der Waals surface area contributed by atoms with Gasteiger partial charge in [0.2, 0.25) is 0 Å². The Bertz CT molecular complexity index is 751. The summed E-state index contributed by atoms with van der Waals surface area (Å²) in [7, 11) is 4.38. The number of Topliss-reactive ketones (excluding diaryl/α,β-unsaturated/α-hetero) is 1. The Morgan fingerprint density at radius 2 is 1.62 bits per heavy atom. The summed E-state index contributed by atoms with van der Waals surface area (Å²) < 4.78 is 23.0. The second kappa shape index (κ2) is 7.29. The van der Waals surface area contributed by atoms with Gasteiger partial charge in [0.05, 0.1) is 6.10 Å². The molecule has 5 nitrogen and oxygen atoms in total. The molecular weight excluding hydrogens is 383 g/mol. The summed E-state index contributed by atoms with van der Waals surface area (Å²) in [6.45, 7) is 4.71. The molecule has 0 aliphatic heterocycles. The first-order valence-corrected chi connectivity index (χ1v) is 12.9. The van der Waals surface area contributed by atoms with Crippen molar-refractivity contribution in [1.82, 2.24) is 9.34 Å². The lowest BCUT2D eigenvalue weighted by Crippen LogP contribution is -2.50. The van der Waals surface area contributed by atoms with Gasteiger partial charge in [-0.3, -0.25) is 9.36 Å². The van der Waals surface area contributed by atoms with Crippen LogP contribution in [-0.4, -0.2) is 49.4 Å². The van der Waals surface area contributed by atoms with E-state index in [-0.39, 0.29) is 16.9 Å². The maximum atomic E-state index is 13.3. The van der Waals surface area contributed by atoms with Crippen molar-refractivity contribution in [2.75, 3.05) is 28.2 Å². The minimum atomic E-state index is -2.96. The minimum absolute atomic E-state index is 0.0171. The van der Waals surface area contributed by atoms with Crippen LogP contribution < -0.4 is 0 Å². The third-order valence-corrected chi connectivity index (χ3v) is 11.7. The molecule has 0 aromatic rings. The van der Waals surface area contributed by atoms with Crippen LogP contribution in [0.2, 0.25) is 0 Å². The lowest BCUT2D eigenvalue weighted by atomic mass is 9.48. The number of ketones is 1. The van der Waals surface area contributed by atoms with Gasteiger partial charge in [0, 0.05) is 11.8 Å². The second-order valence-corrected chi connectivity index (χ2v) is 13.6. The number of allylic oxidation sites excluding steroid dienone is 1. The van der Waals surface area contributed by atoms with E-state index in [1.807, 2.05) is 28.2 Å². The van der Waals surface area contributed by atoms with Crippen LogP contribution in [0.3, 0.4) is 0 Å². The normalized spacial score (nSPS) is 42.5. The molecule has 3 fully saturated rings. The molecule has 29 heavy (non-hydrogen) atoms. The topological polar surface area (TPSA) is 49.9 Å². The maximum absolute atomic E-state index is 13.3. The van der Waals surface area contributed by atoms with Gasteiger partial charge in [0.15, 0.2) is 0 Å². The van der Waals surface area contributed by atoms with Crippen molar-refractivity contribution in [2.45, 2.75) is 71.3 Å². The smallest absolute Gasteiger partial charge is 0.302 e. The molecule has 0 aromatic heterocycles. The van der Waals surface area contributed by atoms with Gasteiger partial charge in [0.25, 0.3) is 0 Å². The van der Waals surface area contributed by atoms with Crippen LogP contribution in [0.15, 0.2) is 11.6 Å². The van der Waals surface area contributed by atoms with E-state index in [0.29, 0.717) is 23.5 Å². The van der Waals surface area contributed by atoms with Gasteiger partial charge in [-0.15, -0.1) is 0 Å². The van der Waals surface area contributed by atoms with Crippen LogP contribution in [-0.2, 0) is 13.9 Å². The number of rotatable bonds is 4. The van der Waals surface area contributed by atoms with Gasteiger partial charge >= 0.3 is 7.67 Å². The van der Waals surface area contributed by atoms with E-state index in [9.17, 15) is 9.36 Å². The molecule has 0 saturated heterocycles. The van der Waals surface area contributed by atoms with Gasteiger partial charge in [-0.25, -0.2) is 9.34 Å². The third kappa shape index (κ3) is 3.23. The van der Waals surface area contributed by atoms with Gasteiger partial charge in [-0.2, -0.15) is 0 Å². The fraction of sp³-hybridized carbons (Fsp3) is 0.870. The van der Waals surface area contributed by atoms with E-state index in [0.717, 1.165) is 44.9 Å². The molecule has 0 aromatic carbocycles. The molecule has 164 valence electrons. The van der Waals surface area contributed by atoms with E-state index < -0.39 is 7.67 Å². The van der Waals surface area contributed by atoms with Crippen molar-refractivity contribution < 1.29 is 13.9 Å². The quantitative estimate of drug-likeness (QED) is 0.464. The first kappa shape index (κ1) is 21.7. The standard InChI is InChI=1S/C23H39N2O3P/c1-22-13-11-17(28-29(27,24(3)4)25(5)6)15-16(22)7-8-18-19-9-10-21(26)23(19,2)14-12-20(18)22/h7,17-20H,8-15H2,1-6H3/t17-,18-,19-,20-,22-,23-/m0/s1. The van der Waals surface area contributed by atoms with E-state index in [2.05, 4.69) is 19.9 Å². The van der Waals surface area contributed by atoms with Crippen molar-refractivity contribution in [3.8, 4) is 0 Å². The van der Waals surface area contributed by atoms with Crippen LogP contribution in [0.4, 0.5) is 0 Å². The number of carbonyl (C=O) groups excluding carboxylic acids is 1. The summed E-state index contributed by atoms with van der Waals surface area (Å²) >= 11 is 0. The Labute approximate surface area is 176 Å². The monoisotopic (exact) mass is 422 g/mol. The predicted octanol–water partition coefficient (Wildman–Crippen LogP) is 5.13. The zero-order valence-corrected chi connectivity index (χ0v) is 20.0. The zero-order valence-electron chi connectivity index (χ0n) is 19.1. The highest BCUT2D eigenvalue weighted by atomic mass is 31.2. The molecule has 0 radical (unpaired) electrons. The maximum Gasteiger partial charge on any atom is 0.345 e. The molecule has 0 spiro atoms. The molecule has 0 unspecified atom stereocenters. The summed E-state index contributed by atoms with van der Waals surface area (Å²) in [5, 5.41) is 0. The SMILES string of the molecule is CN(C)P(=O)(O[C@H]1CC[C@@]2(C)C(=CC[C@@H]3[C@@H]2CC[C@]2(C)C(=O)CC[C@@H]32)C1)N(C)C. The largest absolute Gasteiger partial charge is 0.345 e. The Morgan fingerprint density at radius 3 is 2.28 bits per heavy atom. The van der Waals surface area contributed by atoms with Gasteiger partial charge in [0.1, 0.15) is 5.78 Å². The Hall–Kier alpha value is -0.480. The third-order valence-electron chi connectivity index (χ3n) is 9.07. The molecule has 6 heteroatoms. The summed E-state index contributed by atoms with van der Waals surface area (Å²) in [6, 6.07) is 0.